The van der Waals surface area contributed by atoms with Gasteiger partial charge >= 0.3 is 0 Å². The molecule has 0 bridgehead atoms. The van der Waals surface area contributed by atoms with Gasteiger partial charge in [0.2, 0.25) is 0 Å². The molecule has 4 nitrogen and oxygen atoms in total. The fourth-order valence-electron chi connectivity index (χ4n) is 4.86. The van der Waals surface area contributed by atoms with Crippen LogP contribution in [0.2, 0.25) is 0 Å². The van der Waals surface area contributed by atoms with E-state index in [9.17, 15) is 0 Å². The molecule has 4 aromatic rings. The molecule has 1 aliphatic carbocycles. The minimum Gasteiger partial charge on any atom is -0.361 e. The second kappa shape index (κ2) is 7.75. The summed E-state index contributed by atoms with van der Waals surface area (Å²) < 4.78 is 30.7. The Bertz CT molecular complexity index is 1260. The first-order valence-corrected chi connectivity index (χ1v) is 10.8. The molecule has 0 spiro atoms. The maximum atomic E-state index is 7.66. The molecule has 0 atom stereocenters. The second-order valence-corrected chi connectivity index (χ2v) is 8.57. The monoisotopic (exact) mass is 402 g/mol. The number of fused-ring (bicyclic) bond motifs is 1. The van der Waals surface area contributed by atoms with Gasteiger partial charge in [-0.3, -0.25) is 4.98 Å². The molecule has 1 saturated carbocycles. The van der Waals surface area contributed by atoms with Crippen molar-refractivity contribution in [2.24, 2.45) is 5.92 Å². The Balaban J connectivity index is 1.62. The molecule has 5 rings (SSSR count). The van der Waals surface area contributed by atoms with Crippen molar-refractivity contribution in [2.75, 3.05) is 0 Å². The van der Waals surface area contributed by atoms with Crippen molar-refractivity contribution in [2.45, 2.75) is 59.3 Å². The van der Waals surface area contributed by atoms with Crippen LogP contribution in [0.5, 0.6) is 0 Å². The Morgan fingerprint density at radius 3 is 2.60 bits per heavy atom. The quantitative estimate of drug-likeness (QED) is 0.374. The van der Waals surface area contributed by atoms with Gasteiger partial charge in [-0.25, -0.2) is 0 Å². The van der Waals surface area contributed by atoms with E-state index in [1.165, 1.54) is 32.1 Å². The summed E-state index contributed by atoms with van der Waals surface area (Å²) in [4.78, 5) is 4.88. The summed E-state index contributed by atoms with van der Waals surface area (Å²) in [5, 5.41) is 4.11. The number of hydrogen-bond donors (Lipinski definition) is 0. The highest BCUT2D eigenvalue weighted by molar-refractivity contribution is 5.95. The first-order chi connectivity index (χ1) is 15.8. The third-order valence-corrected chi connectivity index (χ3v) is 6.41. The van der Waals surface area contributed by atoms with Crippen molar-refractivity contribution < 1.29 is 8.64 Å². The first kappa shape index (κ1) is 15.9. The Labute approximate surface area is 182 Å². The van der Waals surface area contributed by atoms with Crippen LogP contribution >= 0.6 is 0 Å². The molecular weight excluding hydrogens is 370 g/mol. The van der Waals surface area contributed by atoms with Gasteiger partial charge in [-0.15, -0.1) is 0 Å². The van der Waals surface area contributed by atoms with Gasteiger partial charge in [0.25, 0.3) is 0 Å². The van der Waals surface area contributed by atoms with E-state index in [4.69, 9.17) is 13.6 Å². The van der Waals surface area contributed by atoms with Gasteiger partial charge in [-0.2, -0.15) is 0 Å². The second-order valence-electron chi connectivity index (χ2n) is 8.57. The normalized spacial score (nSPS) is 17.1. The zero-order chi connectivity index (χ0) is 23.2. The van der Waals surface area contributed by atoms with Crippen molar-refractivity contribution in [3.8, 4) is 22.3 Å². The highest BCUT2D eigenvalue weighted by Crippen LogP contribution is 2.35. The molecule has 0 N–H and O–H groups in total. The van der Waals surface area contributed by atoms with Crippen LogP contribution in [-0.2, 0) is 6.54 Å². The Morgan fingerprint density at radius 1 is 1.10 bits per heavy atom. The third-order valence-electron chi connectivity index (χ3n) is 6.41. The maximum Gasteiger partial charge on any atom is 0.141 e. The van der Waals surface area contributed by atoms with Gasteiger partial charge < -0.3 is 9.09 Å². The molecular formula is C26H29N3O. The van der Waals surface area contributed by atoms with E-state index in [-0.39, 0.29) is 0 Å². The average Bonchev–Trinajstić information content (AvgIpc) is 3.33. The third kappa shape index (κ3) is 3.45. The number of aromatic nitrogens is 3. The zero-order valence-corrected chi connectivity index (χ0v) is 17.6. The lowest BCUT2D eigenvalue weighted by Crippen LogP contribution is -2.13. The average molecular weight is 403 g/mol. The molecule has 3 heterocycles. The Hall–Kier alpha value is -2.88. The highest BCUT2D eigenvalue weighted by Gasteiger charge is 2.20. The molecule has 1 fully saturated rings. The molecule has 1 aliphatic rings. The summed E-state index contributed by atoms with van der Waals surface area (Å²) in [6.45, 7) is 2.75. The topological polar surface area (TPSA) is 43.9 Å². The van der Waals surface area contributed by atoms with Crippen LogP contribution < -0.4 is 0 Å². The summed E-state index contributed by atoms with van der Waals surface area (Å²) in [5.41, 5.74) is 7.25. The Kier molecular flexibility index (Phi) is 4.11. The van der Waals surface area contributed by atoms with Crippen molar-refractivity contribution in [3.05, 3.63) is 59.7 Å². The Morgan fingerprint density at radius 2 is 1.90 bits per heavy atom. The number of aryl methyl sites for hydroxylation is 3. The lowest BCUT2D eigenvalue weighted by atomic mass is 9.89. The van der Waals surface area contributed by atoms with Crippen LogP contribution in [0.25, 0.3) is 33.3 Å². The molecule has 154 valence electrons. The van der Waals surface area contributed by atoms with Gasteiger partial charge in [0.15, 0.2) is 0 Å². The van der Waals surface area contributed by atoms with Gasteiger partial charge in [0.1, 0.15) is 5.76 Å². The van der Waals surface area contributed by atoms with Gasteiger partial charge in [0, 0.05) is 39.7 Å². The molecule has 0 radical (unpaired) electrons. The zero-order valence-electron chi connectivity index (χ0n) is 20.6. The van der Waals surface area contributed by atoms with E-state index >= 15 is 0 Å². The number of benzene rings is 1. The van der Waals surface area contributed by atoms with Crippen LogP contribution in [0.15, 0.2) is 47.2 Å². The largest absolute Gasteiger partial charge is 0.361 e. The van der Waals surface area contributed by atoms with E-state index in [1.54, 1.807) is 12.1 Å². The first-order valence-electron chi connectivity index (χ1n) is 12.3. The molecule has 0 aliphatic heterocycles. The van der Waals surface area contributed by atoms with Crippen LogP contribution in [0.1, 0.15) is 53.2 Å². The fourth-order valence-corrected chi connectivity index (χ4v) is 4.86. The predicted octanol–water partition coefficient (Wildman–Crippen LogP) is 6.86. The highest BCUT2D eigenvalue weighted by atomic mass is 16.5. The van der Waals surface area contributed by atoms with Gasteiger partial charge in [-0.1, -0.05) is 54.2 Å². The van der Waals surface area contributed by atoms with Crippen molar-refractivity contribution in [1.29, 1.82) is 0 Å². The van der Waals surface area contributed by atoms with Crippen LogP contribution in [0.4, 0.5) is 0 Å². The smallest absolute Gasteiger partial charge is 0.141 e. The minimum atomic E-state index is -2.10. The van der Waals surface area contributed by atoms with E-state index in [0.717, 1.165) is 51.3 Å². The van der Waals surface area contributed by atoms with E-state index in [1.807, 2.05) is 32.2 Å². The number of hydrogen-bond acceptors (Lipinski definition) is 3. The summed E-state index contributed by atoms with van der Waals surface area (Å²) in [6.07, 6.45) is 10.5. The number of nitrogens with zero attached hydrogens (tertiary/aromatic N) is 3. The van der Waals surface area contributed by atoms with E-state index in [0.29, 0.717) is 11.5 Å². The molecule has 4 heteroatoms. The summed E-state index contributed by atoms with van der Waals surface area (Å²) >= 11 is 0. The standard InChI is InChI=1S/C26H29N3O/c1-17-9-11-21(12-10-17)23-16-29(15-20-7-5-4-6-8-20)24-13-22(14-27-26(23)24)25-18(2)28-30-19(25)3/h9-14,16,20H,4-8,15H2,1-3H3/i1D3. The van der Waals surface area contributed by atoms with Crippen molar-refractivity contribution in [3.63, 3.8) is 0 Å². The molecule has 3 aromatic heterocycles. The summed E-state index contributed by atoms with van der Waals surface area (Å²) in [7, 11) is 0. The minimum absolute atomic E-state index is 0.353. The van der Waals surface area contributed by atoms with Crippen molar-refractivity contribution >= 4 is 11.0 Å². The SMILES string of the molecule is [2H]C([2H])([2H])c1ccc(-c2cn(CC3CCCCC3)c3cc(-c4c(C)noc4C)cnc23)cc1. The molecule has 1 aromatic carbocycles. The summed E-state index contributed by atoms with van der Waals surface area (Å²) in [5.74, 6) is 1.46. The van der Waals surface area contributed by atoms with Crippen molar-refractivity contribution in [1.82, 2.24) is 14.7 Å². The van der Waals surface area contributed by atoms with Gasteiger partial charge in [-0.05, 0) is 51.1 Å². The summed E-state index contributed by atoms with van der Waals surface area (Å²) in [6, 6.07) is 9.38. The van der Waals surface area contributed by atoms with Crippen LogP contribution in [0.3, 0.4) is 0 Å². The molecule has 0 amide bonds. The maximum absolute atomic E-state index is 7.66. The number of rotatable bonds is 4. The van der Waals surface area contributed by atoms with Crippen LogP contribution in [-0.4, -0.2) is 14.7 Å². The molecule has 0 unspecified atom stereocenters. The lowest BCUT2D eigenvalue weighted by Gasteiger charge is -2.22. The van der Waals surface area contributed by atoms with E-state index in [2.05, 4.69) is 22.0 Å². The predicted molar refractivity (Wildman–Crippen MR) is 121 cm³/mol. The van der Waals surface area contributed by atoms with Crippen LogP contribution in [0, 0.1) is 26.6 Å². The number of pyridine rings is 1. The molecule has 0 saturated heterocycles. The lowest BCUT2D eigenvalue weighted by molar-refractivity contribution is 0.323. The molecule has 30 heavy (non-hydrogen) atoms. The van der Waals surface area contributed by atoms with E-state index < -0.39 is 6.85 Å². The fraction of sp³-hybridized carbons (Fsp3) is 0.385. The van der Waals surface area contributed by atoms with Gasteiger partial charge in [0.05, 0.1) is 16.7 Å².